The zero-order valence-corrected chi connectivity index (χ0v) is 26.2. The van der Waals surface area contributed by atoms with Gasteiger partial charge in [-0.3, -0.25) is 9.36 Å². The molecule has 0 bridgehead atoms. The highest BCUT2D eigenvalue weighted by Gasteiger charge is 2.53. The normalized spacial score (nSPS) is 23.9. The third-order valence-corrected chi connectivity index (χ3v) is 9.38. The SMILES string of the molecule is Cc1nc2ccc(-n3c(C(N)=O)nnc3[C@@H]3O[C@@H]4COC(c5ccccc5)O[C@@H]4[C@H](n4cc(-c5cc(F)c(F)c(F)c5)nn4)[C@H]3O)cc2s1. The summed E-state index contributed by atoms with van der Waals surface area (Å²) in [6.07, 6.45) is -3.93. The van der Waals surface area contributed by atoms with Crippen LogP contribution in [0.4, 0.5) is 13.2 Å². The number of amides is 1. The van der Waals surface area contributed by atoms with Crippen LogP contribution in [-0.4, -0.2) is 70.7 Å². The number of ether oxygens (including phenoxy) is 3. The van der Waals surface area contributed by atoms with Crippen LogP contribution in [-0.2, 0) is 14.2 Å². The number of rotatable bonds is 6. The number of primary amides is 1. The number of aliphatic hydroxyl groups is 1. The number of halogens is 3. The number of aromatic nitrogens is 7. The molecule has 49 heavy (non-hydrogen) atoms. The van der Waals surface area contributed by atoms with Crippen molar-refractivity contribution in [3.8, 4) is 16.9 Å². The summed E-state index contributed by atoms with van der Waals surface area (Å²) in [5, 5.41) is 29.5. The van der Waals surface area contributed by atoms with Gasteiger partial charge in [0.15, 0.2) is 29.6 Å². The van der Waals surface area contributed by atoms with E-state index in [1.54, 1.807) is 18.2 Å². The Morgan fingerprint density at radius 1 is 1.02 bits per heavy atom. The van der Waals surface area contributed by atoms with E-state index in [9.17, 15) is 23.1 Å². The molecule has 1 amide bonds. The molecule has 2 fully saturated rings. The smallest absolute Gasteiger partial charge is 0.287 e. The van der Waals surface area contributed by atoms with Crippen molar-refractivity contribution in [2.75, 3.05) is 6.61 Å². The van der Waals surface area contributed by atoms with Crippen molar-refractivity contribution in [3.63, 3.8) is 0 Å². The largest absolute Gasteiger partial charge is 0.388 e. The molecule has 13 nitrogen and oxygen atoms in total. The quantitative estimate of drug-likeness (QED) is 0.243. The lowest BCUT2D eigenvalue weighted by Crippen LogP contribution is -2.57. The number of nitrogens with two attached hydrogens (primary N) is 1. The molecule has 6 atom stereocenters. The van der Waals surface area contributed by atoms with E-state index in [1.165, 1.54) is 26.8 Å². The predicted molar refractivity (Wildman–Crippen MR) is 166 cm³/mol. The van der Waals surface area contributed by atoms with E-state index in [0.29, 0.717) is 11.3 Å². The van der Waals surface area contributed by atoms with E-state index in [1.807, 2.05) is 37.3 Å². The minimum Gasteiger partial charge on any atom is -0.388 e. The first-order chi connectivity index (χ1) is 23.7. The van der Waals surface area contributed by atoms with E-state index >= 15 is 0 Å². The van der Waals surface area contributed by atoms with Gasteiger partial charge in [-0.2, -0.15) is 0 Å². The molecule has 0 saturated carbocycles. The number of benzene rings is 3. The first kappa shape index (κ1) is 31.2. The highest BCUT2D eigenvalue weighted by Crippen LogP contribution is 2.44. The molecule has 3 aromatic carbocycles. The van der Waals surface area contributed by atoms with Crippen LogP contribution in [0.2, 0.25) is 0 Å². The Hall–Kier alpha value is -5.07. The molecule has 2 aliphatic heterocycles. The summed E-state index contributed by atoms with van der Waals surface area (Å²) in [7, 11) is 0. The van der Waals surface area contributed by atoms with Gasteiger partial charge in [-0.25, -0.2) is 22.8 Å². The average Bonchev–Trinajstić information content (AvgIpc) is 3.85. The van der Waals surface area contributed by atoms with E-state index < -0.39 is 60.1 Å². The van der Waals surface area contributed by atoms with E-state index in [-0.39, 0.29) is 29.5 Å². The molecule has 3 N–H and O–H groups in total. The lowest BCUT2D eigenvalue weighted by Gasteiger charge is -2.47. The maximum atomic E-state index is 14.1. The van der Waals surface area contributed by atoms with E-state index in [0.717, 1.165) is 27.4 Å². The van der Waals surface area contributed by atoms with Crippen LogP contribution in [0.15, 0.2) is 66.9 Å². The van der Waals surface area contributed by atoms with Gasteiger partial charge in [0.05, 0.1) is 33.7 Å². The Kier molecular flexibility index (Phi) is 7.72. The van der Waals surface area contributed by atoms with Gasteiger partial charge in [0.25, 0.3) is 5.91 Å². The minimum absolute atomic E-state index is 0.00333. The van der Waals surface area contributed by atoms with Crippen molar-refractivity contribution in [2.24, 2.45) is 5.73 Å². The Morgan fingerprint density at radius 3 is 2.55 bits per heavy atom. The maximum Gasteiger partial charge on any atom is 0.287 e. The zero-order chi connectivity index (χ0) is 34.0. The van der Waals surface area contributed by atoms with Crippen LogP contribution in [0.3, 0.4) is 0 Å². The molecule has 5 heterocycles. The summed E-state index contributed by atoms with van der Waals surface area (Å²) < 4.78 is 64.4. The summed E-state index contributed by atoms with van der Waals surface area (Å²) in [4.78, 5) is 17.1. The second-order valence-corrected chi connectivity index (χ2v) is 12.8. The number of aryl methyl sites for hydroxylation is 1. The monoisotopic (exact) mass is 690 g/mol. The first-order valence-corrected chi connectivity index (χ1v) is 15.8. The highest BCUT2D eigenvalue weighted by molar-refractivity contribution is 7.18. The summed E-state index contributed by atoms with van der Waals surface area (Å²) in [6, 6.07) is 15.0. The summed E-state index contributed by atoms with van der Waals surface area (Å²) in [6.45, 7) is 1.89. The molecule has 3 aromatic heterocycles. The molecule has 0 radical (unpaired) electrons. The standard InChI is InChI=1S/C32H25F3N8O5S/c1-14-37-20-8-7-17(11-23(20)49-14)43-30(39-40-31(43)29(36)45)28-26(44)25(27-22(47-28)13-46-32(48-27)15-5-3-2-4-6-15)42-12-21(38-41-42)16-9-18(33)24(35)19(34)10-16/h2-12,22,25-28,32,44H,13H2,1H3,(H2,36,45)/t22-,25-,26-,27+,28-,32?/m1/s1. The Bertz CT molecular complexity index is 2190. The molecule has 2 aliphatic rings. The van der Waals surface area contributed by atoms with Crippen molar-refractivity contribution in [1.29, 1.82) is 0 Å². The van der Waals surface area contributed by atoms with E-state index in [4.69, 9.17) is 19.9 Å². The number of fused-ring (bicyclic) bond motifs is 2. The molecule has 2 saturated heterocycles. The molecule has 250 valence electrons. The number of hydrogen-bond acceptors (Lipinski definition) is 11. The lowest BCUT2D eigenvalue weighted by atomic mass is 9.91. The van der Waals surface area contributed by atoms with Gasteiger partial charge < -0.3 is 25.1 Å². The van der Waals surface area contributed by atoms with Crippen molar-refractivity contribution < 1.29 is 37.3 Å². The number of hydrogen-bond donors (Lipinski definition) is 2. The topological polar surface area (TPSA) is 165 Å². The van der Waals surface area contributed by atoms with Crippen LogP contribution < -0.4 is 5.73 Å². The summed E-state index contributed by atoms with van der Waals surface area (Å²) in [5.74, 6) is -5.43. The Balaban J connectivity index is 1.22. The van der Waals surface area contributed by atoms with Crippen molar-refractivity contribution in [2.45, 2.75) is 43.7 Å². The molecule has 0 spiro atoms. The third-order valence-electron chi connectivity index (χ3n) is 8.44. The van der Waals surface area contributed by atoms with Crippen molar-refractivity contribution >= 4 is 27.5 Å². The Labute approximate surface area is 278 Å². The first-order valence-electron chi connectivity index (χ1n) is 15.0. The van der Waals surface area contributed by atoms with Crippen LogP contribution in [0.25, 0.3) is 27.2 Å². The Morgan fingerprint density at radius 2 is 1.80 bits per heavy atom. The predicted octanol–water partition coefficient (Wildman–Crippen LogP) is 4.12. The fraction of sp³-hybridized carbons (Fsp3) is 0.250. The van der Waals surface area contributed by atoms with Crippen molar-refractivity contribution in [3.05, 3.63) is 107 Å². The minimum atomic E-state index is -1.62. The highest BCUT2D eigenvalue weighted by atomic mass is 32.1. The number of carbonyl (C=O) groups is 1. The van der Waals surface area contributed by atoms with Crippen LogP contribution in [0.5, 0.6) is 0 Å². The maximum absolute atomic E-state index is 14.1. The lowest BCUT2D eigenvalue weighted by molar-refractivity contribution is -0.319. The van der Waals surface area contributed by atoms with Crippen LogP contribution in [0, 0.1) is 24.4 Å². The molecular formula is C32H25F3N8O5S. The number of nitrogens with zero attached hydrogens (tertiary/aromatic N) is 7. The summed E-state index contributed by atoms with van der Waals surface area (Å²) >= 11 is 1.45. The fourth-order valence-corrected chi connectivity index (χ4v) is 7.09. The van der Waals surface area contributed by atoms with E-state index in [2.05, 4.69) is 25.5 Å². The van der Waals surface area contributed by atoms with Gasteiger partial charge in [0.1, 0.15) is 36.2 Å². The zero-order valence-electron chi connectivity index (χ0n) is 25.4. The second-order valence-electron chi connectivity index (χ2n) is 11.6. The van der Waals surface area contributed by atoms with Gasteiger partial charge in [-0.15, -0.1) is 26.6 Å². The molecule has 17 heteroatoms. The van der Waals surface area contributed by atoms with Gasteiger partial charge in [0, 0.05) is 11.1 Å². The number of carbonyl (C=O) groups excluding carboxylic acids is 1. The van der Waals surface area contributed by atoms with Gasteiger partial charge in [0.2, 0.25) is 5.82 Å². The number of thiazole rings is 1. The van der Waals surface area contributed by atoms with Crippen molar-refractivity contribution in [1.82, 2.24) is 34.7 Å². The van der Waals surface area contributed by atoms with Gasteiger partial charge in [-0.05, 0) is 37.3 Å². The number of aliphatic hydroxyl groups excluding tert-OH is 1. The van der Waals surface area contributed by atoms with Crippen LogP contribution >= 0.6 is 11.3 Å². The molecule has 8 rings (SSSR count). The molecular weight excluding hydrogens is 665 g/mol. The molecule has 0 aliphatic carbocycles. The average molecular weight is 691 g/mol. The van der Waals surface area contributed by atoms with Gasteiger partial charge >= 0.3 is 0 Å². The second kappa shape index (κ2) is 12.1. The third kappa shape index (κ3) is 5.44. The van der Waals surface area contributed by atoms with Gasteiger partial charge in [-0.1, -0.05) is 35.5 Å². The fourth-order valence-electron chi connectivity index (χ4n) is 6.23. The summed E-state index contributed by atoms with van der Waals surface area (Å²) in [5.41, 5.74) is 7.59. The molecule has 1 unspecified atom stereocenters. The molecule has 6 aromatic rings. The van der Waals surface area contributed by atoms with Crippen LogP contribution in [0.1, 0.15) is 45.5 Å².